The quantitative estimate of drug-likeness (QED) is 0.782. The highest BCUT2D eigenvalue weighted by Crippen LogP contribution is 2.36. The van der Waals surface area contributed by atoms with E-state index >= 15 is 0 Å². The molecule has 1 fully saturated rings. The van der Waals surface area contributed by atoms with Gasteiger partial charge in [0, 0.05) is 25.9 Å². The number of hydrogen-bond donors (Lipinski definition) is 1. The maximum atomic E-state index is 6.25. The predicted octanol–water partition coefficient (Wildman–Crippen LogP) is 1.50. The lowest BCUT2D eigenvalue weighted by Crippen LogP contribution is -2.38. The minimum absolute atomic E-state index is 0.155. The molecule has 4 heteroatoms. The van der Waals surface area contributed by atoms with Crippen molar-refractivity contribution >= 4 is 0 Å². The Bertz CT molecular complexity index is 346. The Hall–Kier alpha value is -0.870. The largest absolute Gasteiger partial charge is 0.377 e. The molecule has 0 saturated heterocycles. The third kappa shape index (κ3) is 3.54. The van der Waals surface area contributed by atoms with Gasteiger partial charge in [0.2, 0.25) is 0 Å². The Morgan fingerprint density at radius 3 is 2.88 bits per heavy atom. The van der Waals surface area contributed by atoms with Gasteiger partial charge in [-0.3, -0.25) is 4.68 Å². The standard InChI is InChI=1S/C13H23N3O/c1-3-17-13(11-5-6-11)12(14)7-4-10-8-15-16(2)9-10/h8-9,11-13H,3-7,14H2,1-2H3. The fourth-order valence-corrected chi connectivity index (χ4v) is 2.33. The summed E-state index contributed by atoms with van der Waals surface area (Å²) in [6, 6.07) is 0.155. The summed E-state index contributed by atoms with van der Waals surface area (Å²) in [5.74, 6) is 0.707. The molecule has 2 N–H and O–H groups in total. The number of rotatable bonds is 7. The zero-order valence-electron chi connectivity index (χ0n) is 10.8. The molecule has 2 unspecified atom stereocenters. The maximum absolute atomic E-state index is 6.25. The SMILES string of the molecule is CCOC(C(N)CCc1cnn(C)c1)C1CC1. The number of nitrogens with zero attached hydrogens (tertiary/aromatic N) is 2. The van der Waals surface area contributed by atoms with Gasteiger partial charge in [0.25, 0.3) is 0 Å². The highest BCUT2D eigenvalue weighted by Gasteiger charge is 2.35. The van der Waals surface area contributed by atoms with Gasteiger partial charge in [-0.25, -0.2) is 0 Å². The van der Waals surface area contributed by atoms with E-state index < -0.39 is 0 Å². The first-order valence-corrected chi connectivity index (χ1v) is 6.55. The van der Waals surface area contributed by atoms with E-state index in [0.717, 1.165) is 19.4 Å². The van der Waals surface area contributed by atoms with Crippen molar-refractivity contribution in [2.24, 2.45) is 18.7 Å². The first-order chi connectivity index (χ1) is 8.20. The van der Waals surface area contributed by atoms with Crippen molar-refractivity contribution in [3.05, 3.63) is 18.0 Å². The van der Waals surface area contributed by atoms with E-state index in [1.807, 2.05) is 24.9 Å². The summed E-state index contributed by atoms with van der Waals surface area (Å²) >= 11 is 0. The van der Waals surface area contributed by atoms with Crippen LogP contribution in [0.5, 0.6) is 0 Å². The molecule has 1 aromatic heterocycles. The van der Waals surface area contributed by atoms with Crippen molar-refractivity contribution in [3.63, 3.8) is 0 Å². The number of aryl methyl sites for hydroxylation is 2. The normalized spacial score (nSPS) is 19.2. The fraction of sp³-hybridized carbons (Fsp3) is 0.769. The van der Waals surface area contributed by atoms with Gasteiger partial charge < -0.3 is 10.5 Å². The highest BCUT2D eigenvalue weighted by molar-refractivity contribution is 5.04. The molecule has 0 spiro atoms. The molecule has 0 radical (unpaired) electrons. The molecule has 0 bridgehead atoms. The van der Waals surface area contributed by atoms with E-state index in [0.29, 0.717) is 5.92 Å². The summed E-state index contributed by atoms with van der Waals surface area (Å²) in [7, 11) is 1.94. The van der Waals surface area contributed by atoms with E-state index in [4.69, 9.17) is 10.5 Å². The van der Waals surface area contributed by atoms with E-state index in [1.165, 1.54) is 18.4 Å². The fourth-order valence-electron chi connectivity index (χ4n) is 2.33. The van der Waals surface area contributed by atoms with Crippen LogP contribution in [0.4, 0.5) is 0 Å². The van der Waals surface area contributed by atoms with Gasteiger partial charge in [-0.2, -0.15) is 5.10 Å². The molecule has 1 aromatic rings. The molecule has 0 aliphatic heterocycles. The molecule has 1 heterocycles. The number of aromatic nitrogens is 2. The summed E-state index contributed by atoms with van der Waals surface area (Å²) in [5, 5.41) is 4.17. The van der Waals surface area contributed by atoms with Crippen LogP contribution in [0.25, 0.3) is 0 Å². The van der Waals surface area contributed by atoms with E-state index in [1.54, 1.807) is 0 Å². The Labute approximate surface area is 103 Å². The Balaban J connectivity index is 1.80. The first-order valence-electron chi connectivity index (χ1n) is 6.55. The van der Waals surface area contributed by atoms with Gasteiger partial charge in [0.1, 0.15) is 0 Å². The van der Waals surface area contributed by atoms with Crippen LogP contribution in [0.3, 0.4) is 0 Å². The minimum Gasteiger partial charge on any atom is -0.377 e. The van der Waals surface area contributed by atoms with Gasteiger partial charge in [0.05, 0.1) is 12.3 Å². The summed E-state index contributed by atoms with van der Waals surface area (Å²) in [6.45, 7) is 2.81. The summed E-state index contributed by atoms with van der Waals surface area (Å²) in [4.78, 5) is 0. The van der Waals surface area contributed by atoms with Crippen LogP contribution < -0.4 is 5.73 Å². The summed E-state index contributed by atoms with van der Waals surface area (Å²) in [5.41, 5.74) is 7.51. The summed E-state index contributed by atoms with van der Waals surface area (Å²) < 4.78 is 7.61. The molecule has 1 aliphatic rings. The highest BCUT2D eigenvalue weighted by atomic mass is 16.5. The molecule has 1 saturated carbocycles. The van der Waals surface area contributed by atoms with Crippen LogP contribution in [0.15, 0.2) is 12.4 Å². The Kier molecular flexibility index (Phi) is 4.18. The molecule has 17 heavy (non-hydrogen) atoms. The number of ether oxygens (including phenoxy) is 1. The molecular formula is C13H23N3O. The Morgan fingerprint density at radius 2 is 2.35 bits per heavy atom. The molecule has 4 nitrogen and oxygen atoms in total. The third-order valence-electron chi connectivity index (χ3n) is 3.39. The molecule has 0 amide bonds. The van der Waals surface area contributed by atoms with Gasteiger partial charge in [-0.1, -0.05) is 0 Å². The lowest BCUT2D eigenvalue weighted by molar-refractivity contribution is 0.0269. The van der Waals surface area contributed by atoms with Crippen LogP contribution in [-0.4, -0.2) is 28.5 Å². The predicted molar refractivity (Wildman–Crippen MR) is 67.6 cm³/mol. The second-order valence-electron chi connectivity index (χ2n) is 4.98. The van der Waals surface area contributed by atoms with Crippen molar-refractivity contribution in [2.45, 2.75) is 44.8 Å². The van der Waals surface area contributed by atoms with Crippen LogP contribution in [-0.2, 0) is 18.2 Å². The van der Waals surface area contributed by atoms with Crippen molar-refractivity contribution in [1.29, 1.82) is 0 Å². The second-order valence-corrected chi connectivity index (χ2v) is 4.98. The van der Waals surface area contributed by atoms with Crippen LogP contribution >= 0.6 is 0 Å². The third-order valence-corrected chi connectivity index (χ3v) is 3.39. The minimum atomic E-state index is 0.155. The van der Waals surface area contributed by atoms with E-state index in [2.05, 4.69) is 11.3 Å². The zero-order chi connectivity index (χ0) is 12.3. The second kappa shape index (κ2) is 5.65. The summed E-state index contributed by atoms with van der Waals surface area (Å²) in [6.07, 6.45) is 8.77. The first kappa shape index (κ1) is 12.6. The average Bonchev–Trinajstić information content (AvgIpc) is 3.06. The van der Waals surface area contributed by atoms with Gasteiger partial charge in [-0.15, -0.1) is 0 Å². The molecule has 1 aliphatic carbocycles. The molecule has 2 atom stereocenters. The number of nitrogens with two attached hydrogens (primary N) is 1. The van der Waals surface area contributed by atoms with Crippen LogP contribution in [0, 0.1) is 5.92 Å². The van der Waals surface area contributed by atoms with Crippen LogP contribution in [0.2, 0.25) is 0 Å². The lowest BCUT2D eigenvalue weighted by Gasteiger charge is -2.23. The van der Waals surface area contributed by atoms with E-state index in [-0.39, 0.29) is 12.1 Å². The smallest absolute Gasteiger partial charge is 0.0753 e. The average molecular weight is 237 g/mol. The number of hydrogen-bond acceptors (Lipinski definition) is 3. The molecule has 2 rings (SSSR count). The van der Waals surface area contributed by atoms with Gasteiger partial charge >= 0.3 is 0 Å². The molecular weight excluding hydrogens is 214 g/mol. The lowest BCUT2D eigenvalue weighted by atomic mass is 10.0. The van der Waals surface area contributed by atoms with Crippen molar-refractivity contribution in [1.82, 2.24) is 9.78 Å². The van der Waals surface area contributed by atoms with Crippen molar-refractivity contribution in [2.75, 3.05) is 6.61 Å². The van der Waals surface area contributed by atoms with Crippen molar-refractivity contribution in [3.8, 4) is 0 Å². The van der Waals surface area contributed by atoms with Crippen molar-refractivity contribution < 1.29 is 4.74 Å². The maximum Gasteiger partial charge on any atom is 0.0753 e. The Morgan fingerprint density at radius 1 is 1.59 bits per heavy atom. The molecule has 96 valence electrons. The van der Waals surface area contributed by atoms with Gasteiger partial charge in [-0.05, 0) is 44.1 Å². The monoisotopic (exact) mass is 237 g/mol. The zero-order valence-corrected chi connectivity index (χ0v) is 10.8. The van der Waals surface area contributed by atoms with Crippen LogP contribution in [0.1, 0.15) is 31.7 Å². The molecule has 0 aromatic carbocycles. The topological polar surface area (TPSA) is 53.1 Å². The van der Waals surface area contributed by atoms with E-state index in [9.17, 15) is 0 Å². The van der Waals surface area contributed by atoms with Gasteiger partial charge in [0.15, 0.2) is 0 Å².